The molecule has 0 aromatic heterocycles. The van der Waals surface area contributed by atoms with Crippen molar-refractivity contribution in [2.45, 2.75) is 19.4 Å². The Balaban J connectivity index is 2.60. The minimum atomic E-state index is -0.634. The SMILES string of the molecule is CNC(=O)C1=CC(C)(C)Oc2ccc([N+](=O)[O-])cc21. The molecule has 0 radical (unpaired) electrons. The molecule has 6 nitrogen and oxygen atoms in total. The number of hydrogen-bond donors (Lipinski definition) is 1. The Bertz CT molecular complexity index is 590. The van der Waals surface area contributed by atoms with Gasteiger partial charge in [-0.2, -0.15) is 0 Å². The van der Waals surface area contributed by atoms with Crippen LogP contribution in [-0.2, 0) is 4.79 Å². The van der Waals surface area contributed by atoms with Crippen LogP contribution in [0.25, 0.3) is 5.57 Å². The van der Waals surface area contributed by atoms with Gasteiger partial charge in [0.1, 0.15) is 11.4 Å². The molecular formula is C13H14N2O4. The van der Waals surface area contributed by atoms with Crippen LogP contribution in [-0.4, -0.2) is 23.5 Å². The zero-order valence-electron chi connectivity index (χ0n) is 10.9. The molecule has 1 aliphatic heterocycles. The molecule has 1 aliphatic rings. The molecule has 1 heterocycles. The molecule has 0 bridgehead atoms. The molecule has 6 heteroatoms. The third-order valence-electron chi connectivity index (χ3n) is 2.80. The first kappa shape index (κ1) is 13.1. The lowest BCUT2D eigenvalue weighted by Crippen LogP contribution is -2.32. The number of carbonyl (C=O) groups excluding carboxylic acids is 1. The second kappa shape index (κ2) is 4.38. The van der Waals surface area contributed by atoms with E-state index in [1.54, 1.807) is 6.08 Å². The summed E-state index contributed by atoms with van der Waals surface area (Å²) in [5.41, 5.74) is 0.118. The highest BCUT2D eigenvalue weighted by atomic mass is 16.6. The molecule has 0 unspecified atom stereocenters. The summed E-state index contributed by atoms with van der Waals surface area (Å²) in [6.45, 7) is 3.64. The molecule has 0 saturated heterocycles. The van der Waals surface area contributed by atoms with Crippen LogP contribution in [0.1, 0.15) is 19.4 Å². The summed E-state index contributed by atoms with van der Waals surface area (Å²) in [4.78, 5) is 22.2. The Morgan fingerprint density at radius 3 is 2.68 bits per heavy atom. The van der Waals surface area contributed by atoms with Gasteiger partial charge in [0.25, 0.3) is 11.6 Å². The van der Waals surface area contributed by atoms with Gasteiger partial charge in [-0.1, -0.05) is 0 Å². The Kier molecular flexibility index (Phi) is 3.01. The Morgan fingerprint density at radius 1 is 1.42 bits per heavy atom. The largest absolute Gasteiger partial charge is 0.483 e. The first-order valence-corrected chi connectivity index (χ1v) is 5.77. The Morgan fingerprint density at radius 2 is 2.11 bits per heavy atom. The van der Waals surface area contributed by atoms with Crippen molar-refractivity contribution in [2.75, 3.05) is 7.05 Å². The molecule has 0 saturated carbocycles. The maximum absolute atomic E-state index is 11.9. The van der Waals surface area contributed by atoms with Crippen LogP contribution in [0.4, 0.5) is 5.69 Å². The molecule has 19 heavy (non-hydrogen) atoms. The summed E-state index contributed by atoms with van der Waals surface area (Å²) < 4.78 is 5.70. The van der Waals surface area contributed by atoms with Crippen molar-refractivity contribution in [3.05, 3.63) is 40.0 Å². The number of fused-ring (bicyclic) bond motifs is 1. The van der Waals surface area contributed by atoms with E-state index in [1.165, 1.54) is 25.2 Å². The fourth-order valence-electron chi connectivity index (χ4n) is 1.99. The summed E-state index contributed by atoms with van der Waals surface area (Å²) >= 11 is 0. The summed E-state index contributed by atoms with van der Waals surface area (Å²) in [6.07, 6.45) is 1.66. The number of benzene rings is 1. The number of nitrogens with one attached hydrogen (secondary N) is 1. The topological polar surface area (TPSA) is 81.5 Å². The number of non-ortho nitro benzene ring substituents is 1. The van der Waals surface area contributed by atoms with Gasteiger partial charge in [-0.3, -0.25) is 14.9 Å². The van der Waals surface area contributed by atoms with Crippen LogP contribution in [0.5, 0.6) is 5.75 Å². The molecular weight excluding hydrogens is 248 g/mol. The van der Waals surface area contributed by atoms with Crippen molar-refractivity contribution in [1.82, 2.24) is 5.32 Å². The average molecular weight is 262 g/mol. The zero-order chi connectivity index (χ0) is 14.2. The molecule has 2 rings (SSSR count). The smallest absolute Gasteiger partial charge is 0.270 e. The van der Waals surface area contributed by atoms with Crippen molar-refractivity contribution < 1.29 is 14.5 Å². The molecule has 0 fully saturated rings. The summed E-state index contributed by atoms with van der Waals surface area (Å²) in [5.74, 6) is 0.176. The average Bonchev–Trinajstić information content (AvgIpc) is 2.35. The number of amides is 1. The van der Waals surface area contributed by atoms with E-state index in [1.807, 2.05) is 13.8 Å². The molecule has 1 aromatic rings. The summed E-state index contributed by atoms with van der Waals surface area (Å²) in [5, 5.41) is 13.3. The minimum Gasteiger partial charge on any atom is -0.483 e. The first-order valence-electron chi connectivity index (χ1n) is 5.77. The van der Waals surface area contributed by atoms with Gasteiger partial charge >= 0.3 is 0 Å². The Hall–Kier alpha value is -2.37. The monoisotopic (exact) mass is 262 g/mol. The molecule has 0 atom stereocenters. The molecule has 100 valence electrons. The molecule has 0 aliphatic carbocycles. The number of nitro groups is 1. The van der Waals surface area contributed by atoms with Gasteiger partial charge in [0.15, 0.2) is 0 Å². The number of ether oxygens (including phenoxy) is 1. The standard InChI is InChI=1S/C13H14N2O4/c1-13(2)7-10(12(16)14-3)9-6-8(15(17)18)4-5-11(9)19-13/h4-7H,1-3H3,(H,14,16). The third kappa shape index (κ3) is 2.42. The van der Waals surface area contributed by atoms with Crippen LogP contribution in [0, 0.1) is 10.1 Å². The van der Waals surface area contributed by atoms with Crippen molar-refractivity contribution in [3.8, 4) is 5.75 Å². The van der Waals surface area contributed by atoms with E-state index in [0.717, 1.165) is 0 Å². The Labute approximate surface area is 110 Å². The number of carbonyl (C=O) groups is 1. The second-order valence-electron chi connectivity index (χ2n) is 4.78. The van der Waals surface area contributed by atoms with Crippen LogP contribution < -0.4 is 10.1 Å². The van der Waals surface area contributed by atoms with E-state index >= 15 is 0 Å². The van der Waals surface area contributed by atoms with Gasteiger partial charge in [-0.15, -0.1) is 0 Å². The highest BCUT2D eigenvalue weighted by molar-refractivity contribution is 6.20. The van der Waals surface area contributed by atoms with Crippen molar-refractivity contribution in [3.63, 3.8) is 0 Å². The van der Waals surface area contributed by atoms with E-state index in [9.17, 15) is 14.9 Å². The van der Waals surface area contributed by atoms with Gasteiger partial charge in [-0.25, -0.2) is 0 Å². The minimum absolute atomic E-state index is 0.0724. The highest BCUT2D eigenvalue weighted by Crippen LogP contribution is 2.38. The van der Waals surface area contributed by atoms with Crippen LogP contribution in [0.2, 0.25) is 0 Å². The van der Waals surface area contributed by atoms with Crippen molar-refractivity contribution in [1.29, 1.82) is 0 Å². The van der Waals surface area contributed by atoms with Gasteiger partial charge in [0, 0.05) is 24.7 Å². The number of nitrogens with zero attached hydrogens (tertiary/aromatic N) is 1. The lowest BCUT2D eigenvalue weighted by Gasteiger charge is -2.30. The van der Waals surface area contributed by atoms with E-state index in [0.29, 0.717) is 16.9 Å². The van der Waals surface area contributed by atoms with E-state index in [2.05, 4.69) is 5.32 Å². The van der Waals surface area contributed by atoms with Crippen LogP contribution in [0.15, 0.2) is 24.3 Å². The summed E-state index contributed by atoms with van der Waals surface area (Å²) in [7, 11) is 1.52. The summed E-state index contributed by atoms with van der Waals surface area (Å²) in [6, 6.07) is 4.23. The fourth-order valence-corrected chi connectivity index (χ4v) is 1.99. The first-order chi connectivity index (χ1) is 8.84. The fraction of sp³-hybridized carbons (Fsp3) is 0.308. The van der Waals surface area contributed by atoms with E-state index in [-0.39, 0.29) is 11.6 Å². The maximum Gasteiger partial charge on any atom is 0.270 e. The number of likely N-dealkylation sites (N-methyl/N-ethyl adjacent to an activating group) is 1. The highest BCUT2D eigenvalue weighted by Gasteiger charge is 2.30. The predicted molar refractivity (Wildman–Crippen MR) is 69.8 cm³/mol. The molecule has 1 aromatic carbocycles. The zero-order valence-corrected chi connectivity index (χ0v) is 10.9. The lowest BCUT2D eigenvalue weighted by atomic mass is 9.94. The number of nitro benzene ring substituents is 1. The van der Waals surface area contributed by atoms with Gasteiger partial charge in [-0.05, 0) is 26.0 Å². The normalized spacial score (nSPS) is 15.8. The number of rotatable bonds is 2. The quantitative estimate of drug-likeness (QED) is 0.652. The van der Waals surface area contributed by atoms with Crippen LogP contribution in [0.3, 0.4) is 0 Å². The lowest BCUT2D eigenvalue weighted by molar-refractivity contribution is -0.384. The van der Waals surface area contributed by atoms with Gasteiger partial charge in [0.05, 0.1) is 10.5 Å². The van der Waals surface area contributed by atoms with Gasteiger partial charge < -0.3 is 10.1 Å². The maximum atomic E-state index is 11.9. The van der Waals surface area contributed by atoms with Crippen LogP contribution >= 0.6 is 0 Å². The molecule has 0 spiro atoms. The van der Waals surface area contributed by atoms with Gasteiger partial charge in [0.2, 0.25) is 0 Å². The third-order valence-corrected chi connectivity index (χ3v) is 2.80. The van der Waals surface area contributed by atoms with Crippen molar-refractivity contribution >= 4 is 17.2 Å². The predicted octanol–water partition coefficient (Wildman–Crippen LogP) is 1.90. The second-order valence-corrected chi connectivity index (χ2v) is 4.78. The van der Waals surface area contributed by atoms with E-state index in [4.69, 9.17) is 4.74 Å². The number of hydrogen-bond acceptors (Lipinski definition) is 4. The van der Waals surface area contributed by atoms with Crippen molar-refractivity contribution in [2.24, 2.45) is 0 Å². The molecule has 1 amide bonds. The van der Waals surface area contributed by atoms with E-state index < -0.39 is 10.5 Å². The molecule has 1 N–H and O–H groups in total.